The van der Waals surface area contributed by atoms with Crippen LogP contribution in [0.15, 0.2) is 30.5 Å². The zero-order valence-corrected chi connectivity index (χ0v) is 10.8. The summed E-state index contributed by atoms with van der Waals surface area (Å²) in [7, 11) is 0. The van der Waals surface area contributed by atoms with Gasteiger partial charge < -0.3 is 14.5 Å². The fraction of sp³-hybridized carbons (Fsp3) is 0.357. The summed E-state index contributed by atoms with van der Waals surface area (Å²) < 4.78 is 10.7. The van der Waals surface area contributed by atoms with Gasteiger partial charge in [-0.3, -0.25) is 0 Å². The van der Waals surface area contributed by atoms with Crippen LogP contribution >= 0.6 is 0 Å². The number of hydrogen-bond acceptors (Lipinski definition) is 3. The van der Waals surface area contributed by atoms with E-state index in [1.807, 2.05) is 30.5 Å². The van der Waals surface area contributed by atoms with Gasteiger partial charge in [0.15, 0.2) is 5.60 Å². The Morgan fingerprint density at radius 3 is 2.83 bits per heavy atom. The molecule has 1 aromatic heterocycles. The maximum absolute atomic E-state index is 11.7. The van der Waals surface area contributed by atoms with Crippen molar-refractivity contribution in [3.05, 3.63) is 30.5 Å². The van der Waals surface area contributed by atoms with E-state index in [1.165, 1.54) is 0 Å². The number of carbonyl (C=O) groups is 1. The summed E-state index contributed by atoms with van der Waals surface area (Å²) in [6.45, 7) is 5.53. The van der Waals surface area contributed by atoms with Gasteiger partial charge in [-0.15, -0.1) is 0 Å². The summed E-state index contributed by atoms with van der Waals surface area (Å²) in [6.07, 6.45) is 1.87. The van der Waals surface area contributed by atoms with Crippen LogP contribution in [0, 0.1) is 0 Å². The van der Waals surface area contributed by atoms with Crippen molar-refractivity contribution in [1.82, 2.24) is 4.98 Å². The molecule has 0 aliphatic heterocycles. The van der Waals surface area contributed by atoms with Crippen molar-refractivity contribution in [2.75, 3.05) is 6.61 Å². The van der Waals surface area contributed by atoms with Crippen LogP contribution in [-0.2, 0) is 9.53 Å². The third-order valence-electron chi connectivity index (χ3n) is 2.66. The van der Waals surface area contributed by atoms with Gasteiger partial charge in [0.2, 0.25) is 0 Å². The molecule has 2 rings (SSSR count). The molecule has 18 heavy (non-hydrogen) atoms. The second-order valence-electron chi connectivity index (χ2n) is 4.56. The Hall–Kier alpha value is -1.97. The van der Waals surface area contributed by atoms with Crippen LogP contribution in [0.1, 0.15) is 20.8 Å². The largest absolute Gasteiger partial charge is 0.476 e. The topological polar surface area (TPSA) is 51.3 Å². The summed E-state index contributed by atoms with van der Waals surface area (Å²) >= 11 is 0. The van der Waals surface area contributed by atoms with Crippen LogP contribution in [0.4, 0.5) is 0 Å². The molecular weight excluding hydrogens is 230 g/mol. The van der Waals surface area contributed by atoms with Crippen molar-refractivity contribution in [2.24, 2.45) is 0 Å². The van der Waals surface area contributed by atoms with Gasteiger partial charge in [-0.05, 0) is 45.0 Å². The predicted octanol–water partition coefficient (Wildman–Crippen LogP) is 2.89. The molecule has 0 amide bonds. The Kier molecular flexibility index (Phi) is 3.28. The van der Waals surface area contributed by atoms with Crippen molar-refractivity contribution in [3.63, 3.8) is 0 Å². The van der Waals surface area contributed by atoms with Gasteiger partial charge >= 0.3 is 5.97 Å². The third kappa shape index (κ3) is 2.47. The van der Waals surface area contributed by atoms with Crippen molar-refractivity contribution in [1.29, 1.82) is 0 Å². The van der Waals surface area contributed by atoms with E-state index in [-0.39, 0.29) is 5.97 Å². The normalized spacial score (nSPS) is 11.5. The maximum atomic E-state index is 11.7. The summed E-state index contributed by atoms with van der Waals surface area (Å²) in [4.78, 5) is 14.8. The first-order valence-corrected chi connectivity index (χ1v) is 5.96. The number of carbonyl (C=O) groups excluding carboxylic acids is 1. The lowest BCUT2D eigenvalue weighted by molar-refractivity contribution is -0.158. The molecule has 0 radical (unpaired) electrons. The molecule has 1 aromatic carbocycles. The molecule has 0 bridgehead atoms. The summed E-state index contributed by atoms with van der Waals surface area (Å²) in [6, 6.07) is 7.61. The number of nitrogens with one attached hydrogen (secondary N) is 1. The van der Waals surface area contributed by atoms with Crippen LogP contribution in [0.5, 0.6) is 5.75 Å². The molecule has 4 heteroatoms. The van der Waals surface area contributed by atoms with Gasteiger partial charge in [-0.25, -0.2) is 4.79 Å². The van der Waals surface area contributed by atoms with Gasteiger partial charge in [0.25, 0.3) is 0 Å². The average molecular weight is 247 g/mol. The van der Waals surface area contributed by atoms with Crippen LogP contribution in [0.25, 0.3) is 10.9 Å². The molecule has 2 aromatic rings. The number of rotatable bonds is 4. The van der Waals surface area contributed by atoms with E-state index < -0.39 is 5.60 Å². The molecule has 0 spiro atoms. The van der Waals surface area contributed by atoms with Gasteiger partial charge in [0.1, 0.15) is 5.75 Å². The lowest BCUT2D eigenvalue weighted by atomic mass is 10.1. The zero-order valence-electron chi connectivity index (χ0n) is 10.8. The first-order valence-electron chi connectivity index (χ1n) is 5.96. The van der Waals surface area contributed by atoms with Crippen LogP contribution in [-0.4, -0.2) is 23.2 Å². The molecule has 0 aliphatic carbocycles. The SMILES string of the molecule is CCOC(=O)C(C)(C)Oc1ccc2[nH]ccc2c1. The molecule has 4 nitrogen and oxygen atoms in total. The van der Waals surface area contributed by atoms with Crippen LogP contribution in [0.3, 0.4) is 0 Å². The smallest absolute Gasteiger partial charge is 0.349 e. The standard InChI is InChI=1S/C14H17NO3/c1-4-17-13(16)14(2,3)18-11-5-6-12-10(9-11)7-8-15-12/h5-9,15H,4H2,1-3H3. The fourth-order valence-electron chi connectivity index (χ4n) is 1.74. The number of aromatic amines is 1. The number of aromatic nitrogens is 1. The van der Waals surface area contributed by atoms with E-state index in [0.717, 1.165) is 10.9 Å². The number of fused-ring (bicyclic) bond motifs is 1. The lowest BCUT2D eigenvalue weighted by Crippen LogP contribution is -2.39. The molecule has 1 N–H and O–H groups in total. The number of hydrogen-bond donors (Lipinski definition) is 1. The van der Waals surface area contributed by atoms with Crippen molar-refractivity contribution >= 4 is 16.9 Å². The molecule has 0 fully saturated rings. The quantitative estimate of drug-likeness (QED) is 0.845. The number of H-pyrrole nitrogens is 1. The highest BCUT2D eigenvalue weighted by Gasteiger charge is 2.31. The van der Waals surface area contributed by atoms with E-state index in [4.69, 9.17) is 9.47 Å². The van der Waals surface area contributed by atoms with E-state index in [1.54, 1.807) is 20.8 Å². The van der Waals surface area contributed by atoms with E-state index in [9.17, 15) is 4.79 Å². The molecule has 0 atom stereocenters. The first-order chi connectivity index (χ1) is 8.53. The number of esters is 1. The maximum Gasteiger partial charge on any atom is 0.349 e. The van der Waals surface area contributed by atoms with Gasteiger partial charge in [-0.1, -0.05) is 0 Å². The summed E-state index contributed by atoms with van der Waals surface area (Å²) in [5.41, 5.74) is 0.0521. The molecule has 96 valence electrons. The highest BCUT2D eigenvalue weighted by Crippen LogP contribution is 2.24. The molecular formula is C14H17NO3. The second-order valence-corrected chi connectivity index (χ2v) is 4.56. The van der Waals surface area contributed by atoms with Gasteiger partial charge in [-0.2, -0.15) is 0 Å². The number of ether oxygens (including phenoxy) is 2. The highest BCUT2D eigenvalue weighted by atomic mass is 16.6. The Labute approximate surface area is 106 Å². The summed E-state index contributed by atoms with van der Waals surface area (Å²) in [5.74, 6) is 0.291. The fourth-order valence-corrected chi connectivity index (χ4v) is 1.74. The Morgan fingerprint density at radius 1 is 1.33 bits per heavy atom. The van der Waals surface area contributed by atoms with Crippen molar-refractivity contribution < 1.29 is 14.3 Å². The highest BCUT2D eigenvalue weighted by molar-refractivity contribution is 5.82. The molecule has 0 saturated heterocycles. The monoisotopic (exact) mass is 247 g/mol. The van der Waals surface area contributed by atoms with E-state index in [2.05, 4.69) is 4.98 Å². The molecule has 1 heterocycles. The third-order valence-corrected chi connectivity index (χ3v) is 2.66. The van der Waals surface area contributed by atoms with E-state index >= 15 is 0 Å². The Morgan fingerprint density at radius 2 is 2.11 bits per heavy atom. The van der Waals surface area contributed by atoms with Crippen molar-refractivity contribution in [2.45, 2.75) is 26.4 Å². The first kappa shape index (κ1) is 12.5. The number of benzene rings is 1. The molecule has 0 aliphatic rings. The van der Waals surface area contributed by atoms with Crippen LogP contribution in [0.2, 0.25) is 0 Å². The van der Waals surface area contributed by atoms with Gasteiger partial charge in [0, 0.05) is 17.1 Å². The van der Waals surface area contributed by atoms with Gasteiger partial charge in [0.05, 0.1) is 6.61 Å². The predicted molar refractivity (Wildman–Crippen MR) is 69.6 cm³/mol. The van der Waals surface area contributed by atoms with E-state index in [0.29, 0.717) is 12.4 Å². The Bertz CT molecular complexity index is 557. The minimum absolute atomic E-state index is 0.350. The molecule has 0 saturated carbocycles. The molecule has 0 unspecified atom stereocenters. The minimum Gasteiger partial charge on any atom is -0.476 e. The van der Waals surface area contributed by atoms with Crippen molar-refractivity contribution in [3.8, 4) is 5.75 Å². The second kappa shape index (κ2) is 4.72. The lowest BCUT2D eigenvalue weighted by Gasteiger charge is -2.24. The zero-order chi connectivity index (χ0) is 13.2. The minimum atomic E-state index is -0.986. The van der Waals surface area contributed by atoms with Crippen LogP contribution < -0.4 is 4.74 Å². The summed E-state index contributed by atoms with van der Waals surface area (Å²) in [5, 5.41) is 1.05. The average Bonchev–Trinajstić information content (AvgIpc) is 2.76. The Balaban J connectivity index is 2.19.